The molecule has 3 heteroatoms. The van der Waals surface area contributed by atoms with Crippen molar-refractivity contribution in [3.8, 4) is 0 Å². The van der Waals surface area contributed by atoms with Crippen LogP contribution in [-0.4, -0.2) is 19.5 Å². The van der Waals surface area contributed by atoms with Crippen molar-refractivity contribution in [1.29, 1.82) is 0 Å². The predicted molar refractivity (Wildman–Crippen MR) is 70.8 cm³/mol. The fourth-order valence-corrected chi connectivity index (χ4v) is 1.78. The molecule has 3 nitrogen and oxygen atoms in total. The lowest BCUT2D eigenvalue weighted by Crippen LogP contribution is -2.36. The molecule has 1 aromatic rings. The van der Waals surface area contributed by atoms with E-state index in [1.54, 1.807) is 0 Å². The van der Waals surface area contributed by atoms with Crippen LogP contribution in [0.3, 0.4) is 0 Å². The smallest absolute Gasteiger partial charge is 0.241 e. The molecule has 0 heterocycles. The number of nitrogens with one attached hydrogen (secondary N) is 2. The van der Waals surface area contributed by atoms with Gasteiger partial charge in [-0.25, -0.2) is 0 Å². The summed E-state index contributed by atoms with van der Waals surface area (Å²) in [5.41, 5.74) is 1.00. The number of amides is 1. The maximum Gasteiger partial charge on any atom is 0.241 e. The molecule has 0 aromatic heterocycles. The number of hydrogen-bond acceptors (Lipinski definition) is 2. The summed E-state index contributed by atoms with van der Waals surface area (Å²) in [6.07, 6.45) is 3.38. The molecule has 0 saturated heterocycles. The molecule has 0 bridgehead atoms. The van der Waals surface area contributed by atoms with Crippen LogP contribution in [0.25, 0.3) is 0 Å². The van der Waals surface area contributed by atoms with Gasteiger partial charge in [-0.3, -0.25) is 4.79 Å². The van der Waals surface area contributed by atoms with Crippen molar-refractivity contribution in [2.75, 3.05) is 13.6 Å². The van der Waals surface area contributed by atoms with Crippen molar-refractivity contribution < 1.29 is 4.79 Å². The van der Waals surface area contributed by atoms with E-state index in [2.05, 4.69) is 17.6 Å². The maximum absolute atomic E-state index is 12.0. The lowest BCUT2D eigenvalue weighted by atomic mass is 10.1. The van der Waals surface area contributed by atoms with Crippen LogP contribution in [0.1, 0.15) is 37.8 Å². The van der Waals surface area contributed by atoms with Gasteiger partial charge in [0.1, 0.15) is 6.04 Å². The van der Waals surface area contributed by atoms with E-state index < -0.39 is 0 Å². The zero-order valence-electron chi connectivity index (χ0n) is 10.7. The predicted octanol–water partition coefficient (Wildman–Crippen LogP) is 2.25. The first-order chi connectivity index (χ1) is 8.29. The second-order valence-electron chi connectivity index (χ2n) is 4.13. The summed E-state index contributed by atoms with van der Waals surface area (Å²) < 4.78 is 0. The standard InChI is InChI=1S/C14H22N2O/c1-3-4-8-11-16-14(17)13(15-2)12-9-6-5-7-10-12/h5-7,9-10,13,15H,3-4,8,11H2,1-2H3,(H,16,17). The SMILES string of the molecule is CCCCCNC(=O)C(NC)c1ccccc1. The van der Waals surface area contributed by atoms with Gasteiger partial charge in [0.15, 0.2) is 0 Å². The van der Waals surface area contributed by atoms with Crippen LogP contribution in [0.5, 0.6) is 0 Å². The number of likely N-dealkylation sites (N-methyl/N-ethyl adjacent to an activating group) is 1. The fourth-order valence-electron chi connectivity index (χ4n) is 1.78. The molecule has 0 spiro atoms. The number of rotatable bonds is 7. The molecule has 1 amide bonds. The first-order valence-corrected chi connectivity index (χ1v) is 6.29. The summed E-state index contributed by atoms with van der Waals surface area (Å²) in [7, 11) is 1.81. The Balaban J connectivity index is 2.48. The van der Waals surface area contributed by atoms with Gasteiger partial charge in [-0.2, -0.15) is 0 Å². The van der Waals surface area contributed by atoms with Crippen LogP contribution in [0, 0.1) is 0 Å². The summed E-state index contributed by atoms with van der Waals surface area (Å²) in [4.78, 5) is 12.0. The number of hydrogen-bond donors (Lipinski definition) is 2. The van der Waals surface area contributed by atoms with E-state index >= 15 is 0 Å². The molecular formula is C14H22N2O. The van der Waals surface area contributed by atoms with Gasteiger partial charge in [-0.05, 0) is 19.0 Å². The Morgan fingerprint density at radius 3 is 2.53 bits per heavy atom. The van der Waals surface area contributed by atoms with Crippen LogP contribution in [0.4, 0.5) is 0 Å². The molecule has 1 rings (SSSR count). The first kappa shape index (κ1) is 13.7. The molecule has 1 atom stereocenters. The third kappa shape index (κ3) is 4.57. The highest BCUT2D eigenvalue weighted by Crippen LogP contribution is 2.11. The van der Waals surface area contributed by atoms with Crippen LogP contribution >= 0.6 is 0 Å². The Bertz CT molecular complexity index is 324. The van der Waals surface area contributed by atoms with Crippen LogP contribution < -0.4 is 10.6 Å². The van der Waals surface area contributed by atoms with Crippen LogP contribution in [-0.2, 0) is 4.79 Å². The molecule has 0 radical (unpaired) electrons. The van der Waals surface area contributed by atoms with Gasteiger partial charge in [0, 0.05) is 6.54 Å². The largest absolute Gasteiger partial charge is 0.354 e. The van der Waals surface area contributed by atoms with Crippen molar-refractivity contribution >= 4 is 5.91 Å². The number of carbonyl (C=O) groups is 1. The molecule has 94 valence electrons. The highest BCUT2D eigenvalue weighted by Gasteiger charge is 2.17. The zero-order valence-corrected chi connectivity index (χ0v) is 10.7. The monoisotopic (exact) mass is 234 g/mol. The molecule has 0 aliphatic rings. The molecule has 1 aromatic carbocycles. The van der Waals surface area contributed by atoms with E-state index in [4.69, 9.17) is 0 Å². The number of carbonyl (C=O) groups excluding carboxylic acids is 1. The highest BCUT2D eigenvalue weighted by atomic mass is 16.2. The lowest BCUT2D eigenvalue weighted by Gasteiger charge is -2.16. The fraction of sp³-hybridized carbons (Fsp3) is 0.500. The van der Waals surface area contributed by atoms with Crippen molar-refractivity contribution in [3.63, 3.8) is 0 Å². The number of benzene rings is 1. The normalized spacial score (nSPS) is 12.1. The lowest BCUT2D eigenvalue weighted by molar-refractivity contribution is -0.123. The third-order valence-electron chi connectivity index (χ3n) is 2.76. The van der Waals surface area contributed by atoms with Gasteiger partial charge < -0.3 is 10.6 Å². The molecule has 0 aliphatic heterocycles. The average Bonchev–Trinajstić information content (AvgIpc) is 2.37. The molecule has 0 aliphatic carbocycles. The second-order valence-corrected chi connectivity index (χ2v) is 4.13. The summed E-state index contributed by atoms with van der Waals surface area (Å²) >= 11 is 0. The maximum atomic E-state index is 12.0. The Hall–Kier alpha value is -1.35. The van der Waals surface area contributed by atoms with E-state index in [9.17, 15) is 4.79 Å². The van der Waals surface area contributed by atoms with Gasteiger partial charge in [-0.1, -0.05) is 50.1 Å². The van der Waals surface area contributed by atoms with E-state index in [-0.39, 0.29) is 11.9 Å². The van der Waals surface area contributed by atoms with E-state index in [0.29, 0.717) is 0 Å². The Labute approximate surface area is 104 Å². The van der Waals surface area contributed by atoms with Gasteiger partial charge >= 0.3 is 0 Å². The molecular weight excluding hydrogens is 212 g/mol. The third-order valence-corrected chi connectivity index (χ3v) is 2.76. The molecule has 1 unspecified atom stereocenters. The molecule has 17 heavy (non-hydrogen) atoms. The van der Waals surface area contributed by atoms with Crippen molar-refractivity contribution in [2.45, 2.75) is 32.2 Å². The molecule has 2 N–H and O–H groups in total. The van der Waals surface area contributed by atoms with Gasteiger partial charge in [0.2, 0.25) is 5.91 Å². The summed E-state index contributed by atoms with van der Waals surface area (Å²) in [6.45, 7) is 2.92. The minimum atomic E-state index is -0.252. The van der Waals surface area contributed by atoms with Crippen LogP contribution in [0.2, 0.25) is 0 Å². The Kier molecular flexibility index (Phi) is 6.33. The number of unbranched alkanes of at least 4 members (excludes halogenated alkanes) is 2. The topological polar surface area (TPSA) is 41.1 Å². The molecule has 0 saturated carbocycles. The van der Waals surface area contributed by atoms with Crippen LogP contribution in [0.15, 0.2) is 30.3 Å². The van der Waals surface area contributed by atoms with Crippen molar-refractivity contribution in [3.05, 3.63) is 35.9 Å². The van der Waals surface area contributed by atoms with Crippen molar-refractivity contribution in [2.24, 2.45) is 0 Å². The highest BCUT2D eigenvalue weighted by molar-refractivity contribution is 5.83. The van der Waals surface area contributed by atoms with E-state index in [1.165, 1.54) is 6.42 Å². The summed E-state index contributed by atoms with van der Waals surface area (Å²) in [5.74, 6) is 0.0507. The Morgan fingerprint density at radius 2 is 1.94 bits per heavy atom. The molecule has 0 fully saturated rings. The van der Waals surface area contributed by atoms with E-state index in [0.717, 1.165) is 24.9 Å². The first-order valence-electron chi connectivity index (χ1n) is 6.29. The minimum Gasteiger partial charge on any atom is -0.354 e. The van der Waals surface area contributed by atoms with Crippen molar-refractivity contribution in [1.82, 2.24) is 10.6 Å². The van der Waals surface area contributed by atoms with Gasteiger partial charge in [0.05, 0.1) is 0 Å². The second kappa shape index (κ2) is 7.85. The summed E-state index contributed by atoms with van der Waals surface area (Å²) in [5, 5.41) is 6.01. The average molecular weight is 234 g/mol. The quantitative estimate of drug-likeness (QED) is 0.710. The summed E-state index contributed by atoms with van der Waals surface area (Å²) in [6, 6.07) is 9.53. The Morgan fingerprint density at radius 1 is 1.24 bits per heavy atom. The minimum absolute atomic E-state index is 0.0507. The van der Waals surface area contributed by atoms with Gasteiger partial charge in [0.25, 0.3) is 0 Å². The van der Waals surface area contributed by atoms with E-state index in [1.807, 2.05) is 37.4 Å². The van der Waals surface area contributed by atoms with Gasteiger partial charge in [-0.15, -0.1) is 0 Å². The zero-order chi connectivity index (χ0) is 12.5.